The van der Waals surface area contributed by atoms with Crippen molar-refractivity contribution in [3.8, 4) is 0 Å². The molecular formula is C18H23N2O+. The van der Waals surface area contributed by atoms with Crippen LogP contribution < -0.4 is 10.2 Å². The van der Waals surface area contributed by atoms with Crippen LogP contribution in [0.15, 0.2) is 42.5 Å². The molecule has 3 rings (SSSR count). The molecule has 0 spiro atoms. The summed E-state index contributed by atoms with van der Waals surface area (Å²) in [7, 11) is 0. The second-order valence-electron chi connectivity index (χ2n) is 6.09. The number of fused-ring (bicyclic) bond motifs is 1. The monoisotopic (exact) mass is 283 g/mol. The minimum atomic E-state index is 0.119. The predicted octanol–water partition coefficient (Wildman–Crippen LogP) is 2.24. The number of benzene rings is 2. The van der Waals surface area contributed by atoms with Gasteiger partial charge in [0.2, 0.25) is 0 Å². The Labute approximate surface area is 125 Å². The molecule has 1 unspecified atom stereocenters. The summed E-state index contributed by atoms with van der Waals surface area (Å²) >= 11 is 0. The van der Waals surface area contributed by atoms with Crippen molar-refractivity contribution >= 4 is 22.4 Å². The highest BCUT2D eigenvalue weighted by Gasteiger charge is 2.24. The quantitative estimate of drug-likeness (QED) is 0.890. The summed E-state index contributed by atoms with van der Waals surface area (Å²) in [6.07, 6.45) is 3.78. The van der Waals surface area contributed by atoms with Gasteiger partial charge < -0.3 is 10.2 Å². The maximum Gasteiger partial charge on any atom is 0.279 e. The number of piperidine rings is 1. The maximum atomic E-state index is 12.2. The van der Waals surface area contributed by atoms with Gasteiger partial charge in [-0.3, -0.25) is 4.79 Å². The molecule has 0 bridgehead atoms. The molecule has 1 amide bonds. The van der Waals surface area contributed by atoms with Gasteiger partial charge in [0.15, 0.2) is 6.54 Å². The summed E-state index contributed by atoms with van der Waals surface area (Å²) in [6.45, 7) is 3.94. The fourth-order valence-electron chi connectivity index (χ4n) is 3.19. The van der Waals surface area contributed by atoms with Gasteiger partial charge in [-0.25, -0.2) is 0 Å². The number of hydrogen-bond acceptors (Lipinski definition) is 1. The molecule has 110 valence electrons. The predicted molar refractivity (Wildman–Crippen MR) is 86.6 cm³/mol. The summed E-state index contributed by atoms with van der Waals surface area (Å²) in [5.74, 6) is 0.119. The third kappa shape index (κ3) is 3.42. The van der Waals surface area contributed by atoms with E-state index in [2.05, 4.69) is 30.4 Å². The lowest BCUT2D eigenvalue weighted by Gasteiger charge is -2.29. The molecule has 2 aromatic rings. The molecule has 3 nitrogen and oxygen atoms in total. The average Bonchev–Trinajstić information content (AvgIpc) is 2.49. The number of carbonyl (C=O) groups is 1. The molecule has 2 atom stereocenters. The van der Waals surface area contributed by atoms with Crippen molar-refractivity contribution in [3.05, 3.63) is 42.5 Å². The number of amides is 1. The molecule has 1 saturated heterocycles. The van der Waals surface area contributed by atoms with Crippen molar-refractivity contribution in [3.63, 3.8) is 0 Å². The van der Waals surface area contributed by atoms with Crippen LogP contribution in [0.1, 0.15) is 26.2 Å². The smallest absolute Gasteiger partial charge is 0.279 e. The molecule has 2 N–H and O–H groups in total. The SMILES string of the molecule is C[C@H]1CCCC[NH+]1CC(=O)Nc1ccc2ccccc2c1. The Balaban J connectivity index is 1.65. The Hall–Kier alpha value is -1.87. The largest absolute Gasteiger partial charge is 0.325 e. The summed E-state index contributed by atoms with van der Waals surface area (Å²) in [5.41, 5.74) is 0.891. The minimum Gasteiger partial charge on any atom is -0.325 e. The standard InChI is InChI=1S/C18H22N2O/c1-14-6-4-5-11-20(14)13-18(21)19-17-10-9-15-7-2-3-8-16(15)12-17/h2-3,7-10,12,14H,4-6,11,13H2,1H3,(H,19,21)/p+1/t14-/m0/s1. The van der Waals surface area contributed by atoms with Gasteiger partial charge in [-0.15, -0.1) is 0 Å². The summed E-state index contributed by atoms with van der Waals surface area (Å²) in [5, 5.41) is 5.40. The molecule has 0 radical (unpaired) electrons. The van der Waals surface area contributed by atoms with Gasteiger partial charge in [-0.05, 0) is 49.1 Å². The van der Waals surface area contributed by atoms with Crippen molar-refractivity contribution in [2.24, 2.45) is 0 Å². The highest BCUT2D eigenvalue weighted by atomic mass is 16.2. The second-order valence-corrected chi connectivity index (χ2v) is 6.09. The highest BCUT2D eigenvalue weighted by Crippen LogP contribution is 2.18. The third-order valence-corrected chi connectivity index (χ3v) is 4.50. The Bertz CT molecular complexity index is 638. The molecule has 0 aliphatic carbocycles. The van der Waals surface area contributed by atoms with E-state index in [1.165, 1.54) is 29.5 Å². The first-order valence-corrected chi connectivity index (χ1v) is 7.85. The lowest BCUT2D eigenvalue weighted by atomic mass is 10.0. The van der Waals surface area contributed by atoms with Gasteiger partial charge >= 0.3 is 0 Å². The molecule has 0 saturated carbocycles. The Morgan fingerprint density at radius 3 is 2.81 bits per heavy atom. The zero-order valence-corrected chi connectivity index (χ0v) is 12.6. The molecule has 1 aliphatic rings. The van der Waals surface area contributed by atoms with E-state index in [1.807, 2.05) is 24.3 Å². The van der Waals surface area contributed by atoms with Crippen LogP contribution >= 0.6 is 0 Å². The molecule has 3 heteroatoms. The molecule has 1 heterocycles. The van der Waals surface area contributed by atoms with Gasteiger partial charge in [-0.1, -0.05) is 30.3 Å². The fourth-order valence-corrected chi connectivity index (χ4v) is 3.19. The third-order valence-electron chi connectivity index (χ3n) is 4.50. The Morgan fingerprint density at radius 1 is 1.19 bits per heavy atom. The first-order chi connectivity index (χ1) is 10.2. The second kappa shape index (κ2) is 6.27. The van der Waals surface area contributed by atoms with Crippen molar-refractivity contribution in [2.45, 2.75) is 32.2 Å². The number of quaternary nitrogens is 1. The summed E-state index contributed by atoms with van der Waals surface area (Å²) < 4.78 is 0. The number of hydrogen-bond donors (Lipinski definition) is 2. The van der Waals surface area contributed by atoms with E-state index >= 15 is 0 Å². The van der Waals surface area contributed by atoms with E-state index in [1.54, 1.807) is 0 Å². The van der Waals surface area contributed by atoms with Crippen molar-refractivity contribution in [1.29, 1.82) is 0 Å². The van der Waals surface area contributed by atoms with Crippen molar-refractivity contribution < 1.29 is 9.69 Å². The number of rotatable bonds is 3. The van der Waals surface area contributed by atoms with E-state index < -0.39 is 0 Å². The summed E-state index contributed by atoms with van der Waals surface area (Å²) in [4.78, 5) is 13.6. The van der Waals surface area contributed by atoms with E-state index in [9.17, 15) is 4.79 Å². The normalized spacial score (nSPS) is 22.1. The minimum absolute atomic E-state index is 0.119. The maximum absolute atomic E-state index is 12.2. The molecular weight excluding hydrogens is 260 g/mol. The van der Waals surface area contributed by atoms with Crippen LogP contribution in [-0.4, -0.2) is 25.0 Å². The van der Waals surface area contributed by atoms with Gasteiger partial charge in [0.25, 0.3) is 5.91 Å². The molecule has 21 heavy (non-hydrogen) atoms. The van der Waals surface area contributed by atoms with Gasteiger partial charge in [-0.2, -0.15) is 0 Å². The number of nitrogens with one attached hydrogen (secondary N) is 2. The van der Waals surface area contributed by atoms with Crippen LogP contribution in [0.4, 0.5) is 5.69 Å². The molecule has 0 aromatic heterocycles. The van der Waals surface area contributed by atoms with E-state index in [0.29, 0.717) is 12.6 Å². The Kier molecular flexibility index (Phi) is 4.20. The first-order valence-electron chi connectivity index (χ1n) is 7.85. The van der Waals surface area contributed by atoms with Crippen LogP contribution in [0.5, 0.6) is 0 Å². The van der Waals surface area contributed by atoms with Crippen LogP contribution in [-0.2, 0) is 4.79 Å². The van der Waals surface area contributed by atoms with Crippen LogP contribution in [0.3, 0.4) is 0 Å². The van der Waals surface area contributed by atoms with Crippen molar-refractivity contribution in [1.82, 2.24) is 0 Å². The fraction of sp³-hybridized carbons (Fsp3) is 0.389. The topological polar surface area (TPSA) is 33.5 Å². The van der Waals surface area contributed by atoms with Gasteiger partial charge in [0.05, 0.1) is 12.6 Å². The molecule has 2 aromatic carbocycles. The summed E-state index contributed by atoms with van der Waals surface area (Å²) in [6, 6.07) is 14.9. The van der Waals surface area contributed by atoms with E-state index in [-0.39, 0.29) is 5.91 Å². The van der Waals surface area contributed by atoms with Crippen LogP contribution in [0.2, 0.25) is 0 Å². The van der Waals surface area contributed by atoms with E-state index in [0.717, 1.165) is 17.6 Å². The van der Waals surface area contributed by atoms with Crippen LogP contribution in [0, 0.1) is 0 Å². The number of carbonyl (C=O) groups excluding carboxylic acids is 1. The molecule has 1 aliphatic heterocycles. The lowest BCUT2D eigenvalue weighted by molar-refractivity contribution is -0.920. The zero-order valence-electron chi connectivity index (χ0n) is 12.6. The van der Waals surface area contributed by atoms with Crippen LogP contribution in [0.25, 0.3) is 10.8 Å². The average molecular weight is 283 g/mol. The Morgan fingerprint density at radius 2 is 2.00 bits per heavy atom. The number of likely N-dealkylation sites (tertiary alicyclic amines) is 1. The number of anilines is 1. The first kappa shape index (κ1) is 14.1. The van der Waals surface area contributed by atoms with Gasteiger partial charge in [0, 0.05) is 5.69 Å². The van der Waals surface area contributed by atoms with Gasteiger partial charge in [0.1, 0.15) is 0 Å². The molecule has 1 fully saturated rings. The highest BCUT2D eigenvalue weighted by molar-refractivity contribution is 5.94. The zero-order chi connectivity index (χ0) is 14.7. The van der Waals surface area contributed by atoms with Crippen molar-refractivity contribution in [2.75, 3.05) is 18.4 Å². The lowest BCUT2D eigenvalue weighted by Crippen LogP contribution is -3.17. The van der Waals surface area contributed by atoms with E-state index in [4.69, 9.17) is 0 Å².